The first-order valence-corrected chi connectivity index (χ1v) is 7.87. The van der Waals surface area contributed by atoms with Crippen molar-refractivity contribution in [2.75, 3.05) is 13.1 Å². The fourth-order valence-electron chi connectivity index (χ4n) is 3.25. The number of amides is 1. The lowest BCUT2D eigenvalue weighted by molar-refractivity contribution is -0.145. The van der Waals surface area contributed by atoms with E-state index in [4.69, 9.17) is 0 Å². The van der Waals surface area contributed by atoms with Crippen molar-refractivity contribution in [1.29, 1.82) is 0 Å². The molecule has 1 fully saturated rings. The van der Waals surface area contributed by atoms with Crippen LogP contribution in [0.25, 0.3) is 0 Å². The summed E-state index contributed by atoms with van der Waals surface area (Å²) in [4.78, 5) is 26.0. The Morgan fingerprint density at radius 2 is 1.54 bits per heavy atom. The van der Waals surface area contributed by atoms with E-state index >= 15 is 0 Å². The molecule has 1 saturated heterocycles. The summed E-state index contributed by atoms with van der Waals surface area (Å²) in [5.41, 5.74) is 0.228. The van der Waals surface area contributed by atoms with Gasteiger partial charge in [0.05, 0.1) is 5.41 Å². The quantitative estimate of drug-likeness (QED) is 0.942. The van der Waals surface area contributed by atoms with Crippen molar-refractivity contribution in [2.24, 2.45) is 0 Å². The maximum Gasteiger partial charge on any atom is 0.314 e. The molecule has 0 radical (unpaired) electrons. The molecule has 1 aliphatic rings. The summed E-state index contributed by atoms with van der Waals surface area (Å²) in [5.74, 6) is -1.44. The number of carboxylic acid groups (broad SMARTS) is 1. The van der Waals surface area contributed by atoms with Crippen LogP contribution in [-0.4, -0.2) is 35.0 Å². The lowest BCUT2D eigenvalue weighted by atomic mass is 9.73. The topological polar surface area (TPSA) is 57.6 Å². The Bertz CT molecular complexity index is 735. The van der Waals surface area contributed by atoms with Gasteiger partial charge < -0.3 is 10.0 Å². The van der Waals surface area contributed by atoms with Crippen LogP contribution in [0.1, 0.15) is 28.8 Å². The molecule has 0 aromatic heterocycles. The summed E-state index contributed by atoms with van der Waals surface area (Å²) >= 11 is 0. The highest BCUT2D eigenvalue weighted by molar-refractivity contribution is 5.94. The lowest BCUT2D eigenvalue weighted by Gasteiger charge is -2.39. The minimum absolute atomic E-state index is 0.193. The van der Waals surface area contributed by atoms with Crippen molar-refractivity contribution in [1.82, 2.24) is 4.90 Å². The van der Waals surface area contributed by atoms with Gasteiger partial charge in [0.15, 0.2) is 0 Å². The summed E-state index contributed by atoms with van der Waals surface area (Å²) in [5, 5.41) is 9.77. The second-order valence-corrected chi connectivity index (χ2v) is 6.05. The molecular formula is C19H18FNO3. The summed E-state index contributed by atoms with van der Waals surface area (Å²) < 4.78 is 13.0. The SMILES string of the molecule is O=C(c1ccc(F)cc1)N1CCC(C(=O)O)(c2ccccc2)CC1. The van der Waals surface area contributed by atoms with Crippen molar-refractivity contribution in [3.63, 3.8) is 0 Å². The van der Waals surface area contributed by atoms with Gasteiger partial charge in [-0.25, -0.2) is 4.39 Å². The van der Waals surface area contributed by atoms with Gasteiger partial charge in [0.2, 0.25) is 0 Å². The molecule has 0 aliphatic carbocycles. The van der Waals surface area contributed by atoms with E-state index in [9.17, 15) is 19.1 Å². The fourth-order valence-corrected chi connectivity index (χ4v) is 3.25. The van der Waals surface area contributed by atoms with Gasteiger partial charge in [0.25, 0.3) is 5.91 Å². The standard InChI is InChI=1S/C19H18FNO3/c20-16-8-6-14(7-9-16)17(22)21-12-10-19(11-13-21,18(23)24)15-4-2-1-3-5-15/h1-9H,10-13H2,(H,23,24). The van der Waals surface area contributed by atoms with Crippen LogP contribution in [0.4, 0.5) is 4.39 Å². The van der Waals surface area contributed by atoms with E-state index in [2.05, 4.69) is 0 Å². The van der Waals surface area contributed by atoms with E-state index in [1.807, 2.05) is 30.3 Å². The molecule has 1 aliphatic heterocycles. The number of likely N-dealkylation sites (tertiary alicyclic amines) is 1. The Labute approximate surface area is 139 Å². The molecule has 0 unspecified atom stereocenters. The first-order valence-electron chi connectivity index (χ1n) is 7.87. The molecule has 24 heavy (non-hydrogen) atoms. The van der Waals surface area contributed by atoms with E-state index in [1.54, 1.807) is 4.90 Å². The number of hydrogen-bond acceptors (Lipinski definition) is 2. The summed E-state index contributed by atoms with van der Waals surface area (Å²) in [6.45, 7) is 0.717. The predicted molar refractivity (Wildman–Crippen MR) is 87.3 cm³/mol. The number of nitrogens with zero attached hydrogens (tertiary/aromatic N) is 1. The number of piperidine rings is 1. The molecule has 1 N–H and O–H groups in total. The normalized spacial score (nSPS) is 16.6. The summed E-state index contributed by atoms with van der Waals surface area (Å²) in [7, 11) is 0. The molecule has 0 bridgehead atoms. The summed E-state index contributed by atoms with van der Waals surface area (Å²) in [6, 6.07) is 14.6. The van der Waals surface area contributed by atoms with Crippen LogP contribution in [0.2, 0.25) is 0 Å². The molecule has 1 heterocycles. The van der Waals surface area contributed by atoms with E-state index in [0.717, 1.165) is 5.56 Å². The van der Waals surface area contributed by atoms with Crippen LogP contribution in [0.5, 0.6) is 0 Å². The summed E-state index contributed by atoms with van der Waals surface area (Å²) in [6.07, 6.45) is 0.721. The fraction of sp³-hybridized carbons (Fsp3) is 0.263. The van der Waals surface area contributed by atoms with Gasteiger partial charge in [-0.2, -0.15) is 0 Å². The van der Waals surface area contributed by atoms with Crippen LogP contribution >= 0.6 is 0 Å². The molecule has 1 amide bonds. The third kappa shape index (κ3) is 2.89. The lowest BCUT2D eigenvalue weighted by Crippen LogP contribution is -2.49. The molecule has 2 aromatic rings. The average molecular weight is 327 g/mol. The Morgan fingerprint density at radius 3 is 2.08 bits per heavy atom. The largest absolute Gasteiger partial charge is 0.481 e. The highest BCUT2D eigenvalue weighted by Gasteiger charge is 2.43. The van der Waals surface area contributed by atoms with Crippen molar-refractivity contribution in [2.45, 2.75) is 18.3 Å². The third-order valence-electron chi connectivity index (χ3n) is 4.73. The Hall–Kier alpha value is -2.69. The molecule has 124 valence electrons. The van der Waals surface area contributed by atoms with Gasteiger partial charge in [-0.1, -0.05) is 30.3 Å². The van der Waals surface area contributed by atoms with Crippen LogP contribution in [-0.2, 0) is 10.2 Å². The van der Waals surface area contributed by atoms with Crippen molar-refractivity contribution < 1.29 is 19.1 Å². The predicted octanol–water partition coefficient (Wildman–Crippen LogP) is 3.08. The number of carboxylic acids is 1. The van der Waals surface area contributed by atoms with Crippen molar-refractivity contribution in [3.8, 4) is 0 Å². The first-order chi connectivity index (χ1) is 11.5. The van der Waals surface area contributed by atoms with Crippen molar-refractivity contribution in [3.05, 3.63) is 71.5 Å². The van der Waals surface area contributed by atoms with Gasteiger partial charge in [-0.3, -0.25) is 9.59 Å². The molecule has 5 heteroatoms. The van der Waals surface area contributed by atoms with Crippen molar-refractivity contribution >= 4 is 11.9 Å². The minimum atomic E-state index is -0.958. The number of rotatable bonds is 3. The van der Waals surface area contributed by atoms with E-state index in [-0.39, 0.29) is 11.7 Å². The van der Waals surface area contributed by atoms with Crippen LogP contribution in [0.15, 0.2) is 54.6 Å². The number of benzene rings is 2. The zero-order valence-corrected chi connectivity index (χ0v) is 13.1. The highest BCUT2D eigenvalue weighted by atomic mass is 19.1. The van der Waals surface area contributed by atoms with Gasteiger partial charge in [0, 0.05) is 18.7 Å². The maximum absolute atomic E-state index is 13.0. The second-order valence-electron chi connectivity index (χ2n) is 6.05. The second kappa shape index (κ2) is 6.43. The maximum atomic E-state index is 13.0. The van der Waals surface area contributed by atoms with Crippen LogP contribution in [0.3, 0.4) is 0 Å². The van der Waals surface area contributed by atoms with E-state index in [0.29, 0.717) is 31.5 Å². The van der Waals surface area contributed by atoms with E-state index < -0.39 is 11.4 Å². The number of aliphatic carboxylic acids is 1. The zero-order valence-electron chi connectivity index (χ0n) is 13.1. The molecule has 4 nitrogen and oxygen atoms in total. The molecule has 2 aromatic carbocycles. The first kappa shape index (κ1) is 16.2. The Kier molecular flexibility index (Phi) is 4.34. The van der Waals surface area contributed by atoms with Gasteiger partial charge in [0.1, 0.15) is 5.82 Å². The number of halogens is 1. The molecule has 0 saturated carbocycles. The van der Waals surface area contributed by atoms with Gasteiger partial charge >= 0.3 is 5.97 Å². The molecule has 3 rings (SSSR count). The molecule has 0 spiro atoms. The monoisotopic (exact) mass is 327 g/mol. The molecule has 0 atom stereocenters. The number of hydrogen-bond donors (Lipinski definition) is 1. The van der Waals surface area contributed by atoms with Crippen LogP contribution < -0.4 is 0 Å². The molecular weight excluding hydrogens is 309 g/mol. The Morgan fingerprint density at radius 1 is 0.958 bits per heavy atom. The third-order valence-corrected chi connectivity index (χ3v) is 4.73. The average Bonchev–Trinajstić information content (AvgIpc) is 2.62. The van der Waals surface area contributed by atoms with Crippen LogP contribution in [0, 0.1) is 5.82 Å². The smallest absolute Gasteiger partial charge is 0.314 e. The minimum Gasteiger partial charge on any atom is -0.481 e. The Balaban J connectivity index is 1.77. The van der Waals surface area contributed by atoms with Gasteiger partial charge in [-0.05, 0) is 42.7 Å². The highest BCUT2D eigenvalue weighted by Crippen LogP contribution is 2.36. The van der Waals surface area contributed by atoms with E-state index in [1.165, 1.54) is 24.3 Å². The van der Waals surface area contributed by atoms with Gasteiger partial charge in [-0.15, -0.1) is 0 Å². The zero-order chi connectivity index (χ0) is 17.2. The number of carbonyl (C=O) groups is 2. The number of carbonyl (C=O) groups excluding carboxylic acids is 1.